The number of benzene rings is 2. The Labute approximate surface area is 285 Å². The van der Waals surface area contributed by atoms with Crippen LogP contribution in [0.25, 0.3) is 11.3 Å². The summed E-state index contributed by atoms with van der Waals surface area (Å²) in [5, 5.41) is 3.01. The maximum absolute atomic E-state index is 14.5. The number of fused-ring (bicyclic) bond motifs is 4. The zero-order chi connectivity index (χ0) is 34.8. The molecule has 1 aromatic heterocycles. The molecule has 2 N–H and O–H groups in total. The van der Waals surface area contributed by atoms with E-state index in [4.69, 9.17) is 9.72 Å². The topological polar surface area (TPSA) is 131 Å². The number of carbonyl (C=O) groups excluding carboxylic acids is 2. The van der Waals surface area contributed by atoms with Crippen molar-refractivity contribution in [3.8, 4) is 11.3 Å². The second-order valence-electron chi connectivity index (χ2n) is 14.7. The zero-order valence-corrected chi connectivity index (χ0v) is 30.0. The fraction of sp³-hybridized carbons (Fsp3) is 0.514. The lowest BCUT2D eigenvalue weighted by atomic mass is 9.87. The molecule has 1 atom stereocenters. The minimum atomic E-state index is -4.11. The number of nitrogens with one attached hydrogen (secondary N) is 2. The van der Waals surface area contributed by atoms with Gasteiger partial charge in [0.05, 0.1) is 10.6 Å². The van der Waals surface area contributed by atoms with E-state index < -0.39 is 21.7 Å². The van der Waals surface area contributed by atoms with Crippen LogP contribution >= 0.6 is 0 Å². The Balaban J connectivity index is 1.53. The molecule has 0 saturated heterocycles. The van der Waals surface area contributed by atoms with E-state index in [9.17, 15) is 18.0 Å². The van der Waals surface area contributed by atoms with E-state index in [0.29, 0.717) is 61.4 Å². The number of hydrogen-bond acceptors (Lipinski definition) is 7. The molecule has 0 unspecified atom stereocenters. The minimum absolute atomic E-state index is 0.00852. The van der Waals surface area contributed by atoms with Gasteiger partial charge in [-0.3, -0.25) is 4.79 Å². The van der Waals surface area contributed by atoms with E-state index in [-0.39, 0.29) is 34.9 Å². The molecule has 4 bridgehead atoms. The lowest BCUT2D eigenvalue weighted by molar-refractivity contribution is 0.0383. The highest BCUT2D eigenvalue weighted by Gasteiger charge is 2.36. The Hall–Kier alpha value is -3.99. The first-order valence-corrected chi connectivity index (χ1v) is 18.5. The zero-order valence-electron chi connectivity index (χ0n) is 29.2. The number of amides is 2. The van der Waals surface area contributed by atoms with Crippen LogP contribution < -0.4 is 10.0 Å². The predicted octanol–water partition coefficient (Wildman–Crippen LogP) is 7.20. The SMILES string of the molecule is Cc1cccc(C)c1-c1cc2nc(n1)NS(=O)(=O)c1cccc(c1)C(=O)N(C1CCC(NC(=O)OC(C)(C)C)CC1)[C@H](CC(C)C)CC2. The van der Waals surface area contributed by atoms with Gasteiger partial charge in [-0.2, -0.15) is 0 Å². The summed E-state index contributed by atoms with van der Waals surface area (Å²) in [6.07, 6.45) is 4.34. The number of ether oxygens (including phenoxy) is 1. The summed E-state index contributed by atoms with van der Waals surface area (Å²) in [5.74, 6) is 0.134. The maximum atomic E-state index is 14.5. The summed E-state index contributed by atoms with van der Waals surface area (Å²) < 4.78 is 35.5. The lowest BCUT2D eigenvalue weighted by Gasteiger charge is -2.42. The van der Waals surface area contributed by atoms with E-state index in [1.54, 1.807) is 12.1 Å². The second-order valence-corrected chi connectivity index (χ2v) is 16.3. The Morgan fingerprint density at radius 2 is 1.67 bits per heavy atom. The molecule has 2 aromatic carbocycles. The van der Waals surface area contributed by atoms with Crippen LogP contribution in [0.5, 0.6) is 0 Å². The van der Waals surface area contributed by atoms with Gasteiger partial charge in [-0.1, -0.05) is 38.1 Å². The molecule has 1 saturated carbocycles. The average molecular weight is 676 g/mol. The van der Waals surface area contributed by atoms with Crippen LogP contribution in [0.15, 0.2) is 53.4 Å². The van der Waals surface area contributed by atoms with Crippen molar-refractivity contribution in [3.05, 3.63) is 70.9 Å². The van der Waals surface area contributed by atoms with Gasteiger partial charge in [0, 0.05) is 34.9 Å². The Morgan fingerprint density at radius 3 is 2.31 bits per heavy atom. The Bertz CT molecular complexity index is 1740. The summed E-state index contributed by atoms with van der Waals surface area (Å²) in [4.78, 5) is 38.4. The van der Waals surface area contributed by atoms with E-state index >= 15 is 0 Å². The van der Waals surface area contributed by atoms with Gasteiger partial charge in [0.1, 0.15) is 5.60 Å². The third-order valence-electron chi connectivity index (χ3n) is 9.05. The van der Waals surface area contributed by atoms with E-state index in [2.05, 4.69) is 28.9 Å². The van der Waals surface area contributed by atoms with Crippen molar-refractivity contribution >= 4 is 28.0 Å². The van der Waals surface area contributed by atoms with Crippen LogP contribution in [0.1, 0.15) is 100 Å². The van der Waals surface area contributed by atoms with Crippen molar-refractivity contribution in [2.24, 2.45) is 5.92 Å². The number of anilines is 1. The van der Waals surface area contributed by atoms with Crippen molar-refractivity contribution in [3.63, 3.8) is 0 Å². The third kappa shape index (κ3) is 8.53. The van der Waals surface area contributed by atoms with Gasteiger partial charge in [-0.15, -0.1) is 0 Å². The molecule has 1 aliphatic carbocycles. The highest BCUT2D eigenvalue weighted by molar-refractivity contribution is 7.92. The lowest BCUT2D eigenvalue weighted by Crippen LogP contribution is -2.51. The monoisotopic (exact) mass is 675 g/mol. The summed E-state index contributed by atoms with van der Waals surface area (Å²) in [7, 11) is -4.11. The van der Waals surface area contributed by atoms with Crippen LogP contribution in [-0.4, -0.2) is 59.0 Å². The molecule has 258 valence electrons. The number of hydrogen-bond donors (Lipinski definition) is 2. The molecule has 1 aliphatic heterocycles. The minimum Gasteiger partial charge on any atom is -0.444 e. The van der Waals surface area contributed by atoms with Crippen LogP contribution in [-0.2, 0) is 21.2 Å². The van der Waals surface area contributed by atoms with Crippen LogP contribution in [0.2, 0.25) is 0 Å². The number of rotatable bonds is 5. The van der Waals surface area contributed by atoms with Crippen molar-refractivity contribution in [1.82, 2.24) is 20.2 Å². The average Bonchev–Trinajstić information content (AvgIpc) is 2.99. The molecule has 2 amide bonds. The molecule has 3 aromatic rings. The molecule has 1 fully saturated rings. The van der Waals surface area contributed by atoms with E-state index in [1.807, 2.05) is 63.8 Å². The largest absolute Gasteiger partial charge is 0.444 e. The normalized spacial score (nSPS) is 21.4. The number of carbonyl (C=O) groups is 2. The molecule has 10 nitrogen and oxygen atoms in total. The summed E-state index contributed by atoms with van der Waals surface area (Å²) in [5.41, 5.74) is 4.11. The Kier molecular flexibility index (Phi) is 10.5. The first kappa shape index (κ1) is 35.3. The van der Waals surface area contributed by atoms with Crippen LogP contribution in [0.3, 0.4) is 0 Å². The van der Waals surface area contributed by atoms with Gasteiger partial charge in [-0.05, 0) is 121 Å². The van der Waals surface area contributed by atoms with Gasteiger partial charge in [0.15, 0.2) is 0 Å². The molecule has 2 heterocycles. The maximum Gasteiger partial charge on any atom is 0.407 e. The molecular weight excluding hydrogens is 627 g/mol. The molecule has 11 heteroatoms. The first-order chi connectivity index (χ1) is 22.6. The quantitative estimate of drug-likeness (QED) is 0.293. The van der Waals surface area contributed by atoms with Gasteiger partial charge < -0.3 is 15.0 Å². The molecule has 48 heavy (non-hydrogen) atoms. The highest BCUT2D eigenvalue weighted by atomic mass is 32.2. The van der Waals surface area contributed by atoms with E-state index in [1.165, 1.54) is 12.1 Å². The third-order valence-corrected chi connectivity index (χ3v) is 10.4. The van der Waals surface area contributed by atoms with Gasteiger partial charge in [-0.25, -0.2) is 27.9 Å². The molecule has 0 radical (unpaired) electrons. The number of nitrogens with zero attached hydrogens (tertiary/aromatic N) is 3. The molecule has 5 rings (SSSR count). The van der Waals surface area contributed by atoms with Crippen LogP contribution in [0.4, 0.5) is 10.7 Å². The van der Waals surface area contributed by atoms with Gasteiger partial charge >= 0.3 is 6.09 Å². The summed E-state index contributed by atoms with van der Waals surface area (Å²) in [6.45, 7) is 13.9. The van der Waals surface area contributed by atoms with E-state index in [0.717, 1.165) is 23.1 Å². The van der Waals surface area contributed by atoms with Crippen molar-refractivity contribution in [2.45, 2.75) is 122 Å². The van der Waals surface area contributed by atoms with Gasteiger partial charge in [0.2, 0.25) is 5.95 Å². The fourth-order valence-corrected chi connectivity index (χ4v) is 7.96. The van der Waals surface area contributed by atoms with Gasteiger partial charge in [0.25, 0.3) is 15.9 Å². The number of alkyl carbamates (subject to hydrolysis) is 1. The molecule has 0 spiro atoms. The highest BCUT2D eigenvalue weighted by Crippen LogP contribution is 2.33. The van der Waals surface area contributed by atoms with Crippen molar-refractivity contribution < 1.29 is 22.7 Å². The second kappa shape index (κ2) is 14.2. The van der Waals surface area contributed by atoms with Crippen LogP contribution in [0, 0.1) is 19.8 Å². The number of aromatic nitrogens is 2. The first-order valence-electron chi connectivity index (χ1n) is 17.0. The summed E-state index contributed by atoms with van der Waals surface area (Å²) in [6, 6.07) is 14.0. The van der Waals surface area contributed by atoms with Crippen molar-refractivity contribution in [2.75, 3.05) is 4.72 Å². The summed E-state index contributed by atoms with van der Waals surface area (Å²) >= 11 is 0. The number of sulfonamides is 1. The smallest absolute Gasteiger partial charge is 0.407 e. The fourth-order valence-electron chi connectivity index (χ4n) is 6.97. The number of aryl methyl sites for hydroxylation is 3. The molecular formula is C37H49N5O5S. The Morgan fingerprint density at radius 1 is 1.00 bits per heavy atom. The standard InChI is InChI=1S/C37H49N5O5S/c1-23(2)20-30-19-16-28-22-32(33-24(3)10-8-11-25(33)4)40-35(38-28)41-48(45,46)31-13-9-12-26(21-31)34(43)42(30)29-17-14-27(15-18-29)39-36(44)47-37(5,6)7/h8-13,21-23,27,29-30H,14-20H2,1-7H3,(H,39,44)(H,38,40,41)/t27?,29?,30-/m0/s1. The predicted molar refractivity (Wildman–Crippen MR) is 187 cm³/mol. The molecule has 2 aliphatic rings. The van der Waals surface area contributed by atoms with Crippen molar-refractivity contribution in [1.29, 1.82) is 0 Å².